The highest BCUT2D eigenvalue weighted by Crippen LogP contribution is 2.45. The largest absolute Gasteiger partial charge is 0.508 e. The Balaban J connectivity index is 2.36. The van der Waals surface area contributed by atoms with Gasteiger partial charge >= 0.3 is 11.9 Å². The molecule has 0 unspecified atom stereocenters. The first kappa shape index (κ1) is 20.3. The van der Waals surface area contributed by atoms with E-state index in [0.717, 1.165) is 0 Å². The number of unbranched alkanes of at least 4 members (excludes halogenated alkanes) is 3. The summed E-state index contributed by atoms with van der Waals surface area (Å²) < 4.78 is 0. The van der Waals surface area contributed by atoms with Gasteiger partial charge in [0, 0.05) is 17.5 Å². The zero-order valence-electron chi connectivity index (χ0n) is 15.0. The highest BCUT2D eigenvalue weighted by molar-refractivity contribution is 5.88. The Morgan fingerprint density at radius 3 is 1.67 bits per heavy atom. The molecule has 2 aromatic carbocycles. The molecular formula is C21H24O6. The van der Waals surface area contributed by atoms with Crippen molar-refractivity contribution in [1.82, 2.24) is 0 Å². The third-order valence-corrected chi connectivity index (χ3v) is 4.79. The molecule has 6 nitrogen and oxygen atoms in total. The predicted octanol–water partition coefficient (Wildman–Crippen LogP) is 3.89. The van der Waals surface area contributed by atoms with Crippen molar-refractivity contribution in [2.24, 2.45) is 0 Å². The van der Waals surface area contributed by atoms with Gasteiger partial charge in [0.25, 0.3) is 0 Å². The van der Waals surface area contributed by atoms with Crippen LogP contribution >= 0.6 is 0 Å². The summed E-state index contributed by atoms with van der Waals surface area (Å²) in [5.74, 6) is -2.29. The molecule has 0 aromatic heterocycles. The van der Waals surface area contributed by atoms with E-state index in [4.69, 9.17) is 5.11 Å². The second kappa shape index (κ2) is 9.07. The Hall–Kier alpha value is -3.02. The minimum atomic E-state index is -1.59. The van der Waals surface area contributed by atoms with E-state index in [0.29, 0.717) is 25.7 Å². The molecule has 0 aliphatic heterocycles. The number of rotatable bonds is 10. The van der Waals surface area contributed by atoms with Crippen LogP contribution in [0.2, 0.25) is 0 Å². The number of hydrogen-bond acceptors (Lipinski definition) is 4. The Labute approximate surface area is 157 Å². The number of hydrogen-bond donors (Lipinski definition) is 4. The first-order chi connectivity index (χ1) is 12.9. The molecule has 0 aliphatic rings. The van der Waals surface area contributed by atoms with Crippen LogP contribution in [0.15, 0.2) is 48.5 Å². The van der Waals surface area contributed by atoms with Crippen molar-refractivity contribution < 1.29 is 30.0 Å². The number of carboxylic acids is 2. The zero-order chi connectivity index (χ0) is 19.9. The molecule has 0 radical (unpaired) electrons. The number of carboxylic acid groups (broad SMARTS) is 2. The summed E-state index contributed by atoms with van der Waals surface area (Å²) in [6, 6.07) is 12.5. The summed E-state index contributed by atoms with van der Waals surface area (Å²) >= 11 is 0. The van der Waals surface area contributed by atoms with Gasteiger partial charge in [0.1, 0.15) is 16.9 Å². The van der Waals surface area contributed by atoms with E-state index in [-0.39, 0.29) is 35.5 Å². The standard InChI is InChI=1S/C21H24O6/c22-17-11-6-4-9-15(17)21(20(26)27,16-10-5-7-12-18(16)23)14-8-2-1-3-13-19(24)25/h4-7,9-12,22-23H,1-3,8,13-14H2,(H,24,25)(H,26,27). The normalized spacial score (nSPS) is 11.3. The van der Waals surface area contributed by atoms with Crippen molar-refractivity contribution in [3.05, 3.63) is 59.7 Å². The van der Waals surface area contributed by atoms with Crippen molar-refractivity contribution in [1.29, 1.82) is 0 Å². The van der Waals surface area contributed by atoms with Gasteiger partial charge in [-0.3, -0.25) is 9.59 Å². The quantitative estimate of drug-likeness (QED) is 0.470. The summed E-state index contributed by atoms with van der Waals surface area (Å²) in [7, 11) is 0. The Morgan fingerprint density at radius 2 is 1.22 bits per heavy atom. The van der Waals surface area contributed by atoms with E-state index in [2.05, 4.69) is 0 Å². The molecule has 0 amide bonds. The lowest BCUT2D eigenvalue weighted by Crippen LogP contribution is -2.37. The minimum absolute atomic E-state index is 0.0863. The van der Waals surface area contributed by atoms with Gasteiger partial charge in [-0.25, -0.2) is 0 Å². The number of para-hydroxylation sites is 2. The molecule has 4 N–H and O–H groups in total. The molecule has 27 heavy (non-hydrogen) atoms. The highest BCUT2D eigenvalue weighted by atomic mass is 16.4. The summed E-state index contributed by atoms with van der Waals surface area (Å²) in [5.41, 5.74) is -1.14. The van der Waals surface area contributed by atoms with E-state index in [1.54, 1.807) is 36.4 Å². The summed E-state index contributed by atoms with van der Waals surface area (Å²) in [6.45, 7) is 0. The van der Waals surface area contributed by atoms with Gasteiger partial charge in [-0.05, 0) is 25.0 Å². The lowest BCUT2D eigenvalue weighted by atomic mass is 9.70. The van der Waals surface area contributed by atoms with Crippen LogP contribution in [0.4, 0.5) is 0 Å². The first-order valence-electron chi connectivity index (χ1n) is 8.91. The van der Waals surface area contributed by atoms with E-state index in [1.165, 1.54) is 12.1 Å². The van der Waals surface area contributed by atoms with Crippen molar-refractivity contribution in [3.63, 3.8) is 0 Å². The Morgan fingerprint density at radius 1 is 0.741 bits per heavy atom. The molecule has 0 saturated carbocycles. The first-order valence-corrected chi connectivity index (χ1v) is 8.91. The van der Waals surface area contributed by atoms with Gasteiger partial charge < -0.3 is 20.4 Å². The molecule has 0 heterocycles. The van der Waals surface area contributed by atoms with Crippen molar-refractivity contribution in [3.8, 4) is 11.5 Å². The van der Waals surface area contributed by atoms with Crippen LogP contribution in [0.25, 0.3) is 0 Å². The fourth-order valence-electron chi connectivity index (χ4n) is 3.44. The van der Waals surface area contributed by atoms with Crippen LogP contribution in [0.5, 0.6) is 11.5 Å². The molecule has 6 heteroatoms. The van der Waals surface area contributed by atoms with E-state index >= 15 is 0 Å². The van der Waals surface area contributed by atoms with Gasteiger partial charge in [-0.2, -0.15) is 0 Å². The molecule has 0 atom stereocenters. The van der Waals surface area contributed by atoms with Gasteiger partial charge in [0.05, 0.1) is 0 Å². The van der Waals surface area contributed by atoms with E-state index < -0.39 is 17.4 Å². The lowest BCUT2D eigenvalue weighted by molar-refractivity contribution is -0.142. The molecule has 0 aliphatic carbocycles. The maximum atomic E-state index is 12.4. The number of aromatic hydroxyl groups is 2. The molecule has 0 fully saturated rings. The van der Waals surface area contributed by atoms with E-state index in [1.807, 2.05) is 0 Å². The summed E-state index contributed by atoms with van der Waals surface area (Å²) in [6.07, 6.45) is 2.62. The highest BCUT2D eigenvalue weighted by Gasteiger charge is 2.45. The van der Waals surface area contributed by atoms with Gasteiger partial charge in [-0.1, -0.05) is 55.7 Å². The molecule has 2 rings (SSSR count). The molecular weight excluding hydrogens is 348 g/mol. The topological polar surface area (TPSA) is 115 Å². The Bertz CT molecular complexity index is 753. The molecule has 2 aromatic rings. The predicted molar refractivity (Wildman–Crippen MR) is 100.0 cm³/mol. The number of phenols is 2. The lowest BCUT2D eigenvalue weighted by Gasteiger charge is -2.32. The maximum absolute atomic E-state index is 12.4. The molecule has 0 spiro atoms. The van der Waals surface area contributed by atoms with Crippen LogP contribution in [-0.2, 0) is 15.0 Å². The van der Waals surface area contributed by atoms with Crippen LogP contribution in [0.1, 0.15) is 49.7 Å². The van der Waals surface area contributed by atoms with Gasteiger partial charge in [0.2, 0.25) is 0 Å². The molecule has 144 valence electrons. The van der Waals surface area contributed by atoms with Gasteiger partial charge in [-0.15, -0.1) is 0 Å². The second-order valence-electron chi connectivity index (χ2n) is 6.55. The number of aliphatic carboxylic acids is 2. The average molecular weight is 372 g/mol. The molecule has 0 bridgehead atoms. The SMILES string of the molecule is O=C(O)CCCCCCC(C(=O)O)(c1ccccc1O)c1ccccc1O. The van der Waals surface area contributed by atoms with Crippen LogP contribution in [0.3, 0.4) is 0 Å². The van der Waals surface area contributed by atoms with Crippen molar-refractivity contribution in [2.45, 2.75) is 43.9 Å². The number of phenolic OH excluding ortho intramolecular Hbond substituents is 2. The smallest absolute Gasteiger partial charge is 0.318 e. The number of carbonyl (C=O) groups is 2. The fourth-order valence-corrected chi connectivity index (χ4v) is 3.44. The molecule has 0 saturated heterocycles. The maximum Gasteiger partial charge on any atom is 0.318 e. The summed E-state index contributed by atoms with van der Waals surface area (Å²) in [5, 5.41) is 39.5. The van der Waals surface area contributed by atoms with Crippen molar-refractivity contribution in [2.75, 3.05) is 0 Å². The van der Waals surface area contributed by atoms with Crippen LogP contribution in [0, 0.1) is 0 Å². The summed E-state index contributed by atoms with van der Waals surface area (Å²) in [4.78, 5) is 23.0. The zero-order valence-corrected chi connectivity index (χ0v) is 15.0. The average Bonchev–Trinajstić information content (AvgIpc) is 2.62. The Kier molecular flexibility index (Phi) is 6.82. The monoisotopic (exact) mass is 372 g/mol. The van der Waals surface area contributed by atoms with Crippen molar-refractivity contribution >= 4 is 11.9 Å². The van der Waals surface area contributed by atoms with E-state index in [9.17, 15) is 24.9 Å². The van der Waals surface area contributed by atoms with Crippen LogP contribution in [-0.4, -0.2) is 32.4 Å². The minimum Gasteiger partial charge on any atom is -0.508 e. The third kappa shape index (κ3) is 4.58. The number of benzene rings is 2. The fraction of sp³-hybridized carbons (Fsp3) is 0.333. The third-order valence-electron chi connectivity index (χ3n) is 4.79. The van der Waals surface area contributed by atoms with Crippen LogP contribution < -0.4 is 0 Å². The van der Waals surface area contributed by atoms with Gasteiger partial charge in [0.15, 0.2) is 0 Å². The second-order valence-corrected chi connectivity index (χ2v) is 6.55.